The third-order valence-electron chi connectivity index (χ3n) is 3.19. The first-order valence-corrected chi connectivity index (χ1v) is 7.33. The fourth-order valence-corrected chi connectivity index (χ4v) is 2.36. The number of rotatable bonds is 4. The van der Waals surface area contributed by atoms with Gasteiger partial charge in [0, 0.05) is 10.0 Å². The van der Waals surface area contributed by atoms with Gasteiger partial charge < -0.3 is 10.2 Å². The molecular formula is C17H15BrO3. The molecule has 0 radical (unpaired) electrons. The summed E-state index contributed by atoms with van der Waals surface area (Å²) in [6.45, 7) is 2.04. The highest BCUT2D eigenvalue weighted by Crippen LogP contribution is 2.27. The minimum Gasteiger partial charge on any atom is -0.507 e. The lowest BCUT2D eigenvalue weighted by Crippen LogP contribution is -2.00. The Bertz CT molecular complexity index is 688. The highest BCUT2D eigenvalue weighted by Gasteiger charge is 2.12. The lowest BCUT2D eigenvalue weighted by Gasteiger charge is -2.06. The SMILES string of the molecule is CCc1ccc(/C(=C/c2cc(Br)ccc2O)C(=O)O)cc1. The van der Waals surface area contributed by atoms with E-state index in [0.717, 1.165) is 16.5 Å². The summed E-state index contributed by atoms with van der Waals surface area (Å²) in [5, 5.41) is 19.2. The van der Waals surface area contributed by atoms with Crippen LogP contribution >= 0.6 is 15.9 Å². The molecule has 108 valence electrons. The number of phenols is 1. The predicted molar refractivity (Wildman–Crippen MR) is 87.1 cm³/mol. The molecular weight excluding hydrogens is 332 g/mol. The molecule has 0 fully saturated rings. The average Bonchev–Trinajstić information content (AvgIpc) is 2.48. The molecule has 0 aliphatic rings. The highest BCUT2D eigenvalue weighted by atomic mass is 79.9. The lowest BCUT2D eigenvalue weighted by molar-refractivity contribution is -0.130. The largest absolute Gasteiger partial charge is 0.507 e. The van der Waals surface area contributed by atoms with Crippen molar-refractivity contribution in [2.75, 3.05) is 0 Å². The van der Waals surface area contributed by atoms with Crippen molar-refractivity contribution in [2.24, 2.45) is 0 Å². The van der Waals surface area contributed by atoms with Gasteiger partial charge in [-0.2, -0.15) is 0 Å². The van der Waals surface area contributed by atoms with Crippen LogP contribution in [-0.2, 0) is 11.2 Å². The van der Waals surface area contributed by atoms with E-state index >= 15 is 0 Å². The molecule has 0 aromatic heterocycles. The first-order valence-electron chi connectivity index (χ1n) is 6.54. The third kappa shape index (κ3) is 3.73. The van der Waals surface area contributed by atoms with Gasteiger partial charge in [-0.3, -0.25) is 0 Å². The number of aromatic hydroxyl groups is 1. The van der Waals surface area contributed by atoms with Crippen LogP contribution in [-0.4, -0.2) is 16.2 Å². The van der Waals surface area contributed by atoms with Crippen molar-refractivity contribution in [3.8, 4) is 5.75 Å². The van der Waals surface area contributed by atoms with E-state index in [-0.39, 0.29) is 11.3 Å². The second kappa shape index (κ2) is 6.59. The molecule has 0 heterocycles. The van der Waals surface area contributed by atoms with Gasteiger partial charge in [0.25, 0.3) is 0 Å². The van der Waals surface area contributed by atoms with Crippen LogP contribution in [0.25, 0.3) is 11.6 Å². The number of phenolic OH excluding ortho intramolecular Hbond substituents is 1. The fraction of sp³-hybridized carbons (Fsp3) is 0.118. The molecule has 0 saturated carbocycles. The molecule has 0 aliphatic carbocycles. The number of halogens is 1. The van der Waals surface area contributed by atoms with Crippen molar-refractivity contribution in [3.05, 3.63) is 63.6 Å². The van der Waals surface area contributed by atoms with Gasteiger partial charge in [-0.25, -0.2) is 4.79 Å². The van der Waals surface area contributed by atoms with Crippen molar-refractivity contribution in [1.29, 1.82) is 0 Å². The molecule has 0 unspecified atom stereocenters. The molecule has 0 atom stereocenters. The molecule has 2 rings (SSSR count). The van der Waals surface area contributed by atoms with E-state index in [1.807, 2.05) is 19.1 Å². The molecule has 0 bridgehead atoms. The van der Waals surface area contributed by atoms with Crippen LogP contribution in [0, 0.1) is 0 Å². The lowest BCUT2D eigenvalue weighted by atomic mass is 10.0. The zero-order valence-electron chi connectivity index (χ0n) is 11.5. The third-order valence-corrected chi connectivity index (χ3v) is 3.69. The van der Waals surface area contributed by atoms with Crippen molar-refractivity contribution in [1.82, 2.24) is 0 Å². The van der Waals surface area contributed by atoms with Crippen molar-refractivity contribution in [3.63, 3.8) is 0 Å². The van der Waals surface area contributed by atoms with Crippen LogP contribution in [0.4, 0.5) is 0 Å². The Hall–Kier alpha value is -2.07. The van der Waals surface area contributed by atoms with Crippen molar-refractivity contribution < 1.29 is 15.0 Å². The van der Waals surface area contributed by atoms with Crippen LogP contribution in [0.15, 0.2) is 46.9 Å². The summed E-state index contributed by atoms with van der Waals surface area (Å²) < 4.78 is 0.776. The summed E-state index contributed by atoms with van der Waals surface area (Å²) in [6, 6.07) is 12.3. The summed E-state index contributed by atoms with van der Waals surface area (Å²) in [4.78, 5) is 11.5. The Labute approximate surface area is 131 Å². The second-order valence-corrected chi connectivity index (χ2v) is 5.53. The van der Waals surface area contributed by atoms with Gasteiger partial charge in [0.1, 0.15) is 5.75 Å². The normalized spacial score (nSPS) is 11.4. The van der Waals surface area contributed by atoms with E-state index in [9.17, 15) is 15.0 Å². The summed E-state index contributed by atoms with van der Waals surface area (Å²) in [5.41, 5.74) is 2.36. The first-order chi connectivity index (χ1) is 10.0. The average molecular weight is 347 g/mol. The Kier molecular flexibility index (Phi) is 4.81. The number of carboxylic acid groups (broad SMARTS) is 1. The van der Waals surface area contributed by atoms with Gasteiger partial charge in [0.15, 0.2) is 0 Å². The number of benzene rings is 2. The van der Waals surface area contributed by atoms with Crippen molar-refractivity contribution in [2.45, 2.75) is 13.3 Å². The van der Waals surface area contributed by atoms with E-state index in [2.05, 4.69) is 15.9 Å². The molecule has 0 aliphatic heterocycles. The standard InChI is InChI=1S/C17H15BrO3/c1-2-11-3-5-12(6-4-11)15(17(20)21)10-13-9-14(18)7-8-16(13)19/h3-10,19H,2H2,1H3,(H,20,21)/b15-10-. The maximum Gasteiger partial charge on any atom is 0.336 e. The minimum atomic E-state index is -1.03. The minimum absolute atomic E-state index is 0.0436. The van der Waals surface area contributed by atoms with Gasteiger partial charge in [0.05, 0.1) is 5.57 Å². The number of carbonyl (C=O) groups is 1. The summed E-state index contributed by atoms with van der Waals surface area (Å²) >= 11 is 3.31. The molecule has 0 saturated heterocycles. The molecule has 4 heteroatoms. The quantitative estimate of drug-likeness (QED) is 0.639. The maximum atomic E-state index is 11.5. The van der Waals surface area contributed by atoms with Crippen LogP contribution in [0.3, 0.4) is 0 Å². The fourth-order valence-electron chi connectivity index (χ4n) is 1.99. The Morgan fingerprint density at radius 2 is 1.86 bits per heavy atom. The highest BCUT2D eigenvalue weighted by molar-refractivity contribution is 9.10. The van der Waals surface area contributed by atoms with E-state index in [4.69, 9.17) is 0 Å². The van der Waals surface area contributed by atoms with Crippen LogP contribution < -0.4 is 0 Å². The number of aliphatic carboxylic acids is 1. The topological polar surface area (TPSA) is 57.5 Å². The van der Waals surface area contributed by atoms with Crippen molar-refractivity contribution >= 4 is 33.5 Å². The summed E-state index contributed by atoms with van der Waals surface area (Å²) in [5.74, 6) is -0.985. The van der Waals surface area contributed by atoms with E-state index in [1.54, 1.807) is 24.3 Å². The predicted octanol–water partition coefficient (Wildman–Crippen LogP) is 4.34. The molecule has 21 heavy (non-hydrogen) atoms. The number of hydrogen-bond acceptors (Lipinski definition) is 2. The number of aryl methyl sites for hydroxylation is 1. The Balaban J connectivity index is 2.49. The maximum absolute atomic E-state index is 11.5. The zero-order chi connectivity index (χ0) is 15.4. The Morgan fingerprint density at radius 1 is 1.19 bits per heavy atom. The zero-order valence-corrected chi connectivity index (χ0v) is 13.1. The second-order valence-electron chi connectivity index (χ2n) is 4.62. The van der Waals surface area contributed by atoms with Gasteiger partial charge in [0.2, 0.25) is 0 Å². The van der Waals surface area contributed by atoms with Crippen LogP contribution in [0.1, 0.15) is 23.6 Å². The molecule has 0 spiro atoms. The van der Waals surface area contributed by atoms with Gasteiger partial charge in [-0.05, 0) is 41.8 Å². The Morgan fingerprint density at radius 3 is 2.43 bits per heavy atom. The van der Waals surface area contributed by atoms with E-state index in [0.29, 0.717) is 11.1 Å². The molecule has 0 amide bonds. The van der Waals surface area contributed by atoms with Crippen LogP contribution in [0.5, 0.6) is 5.75 Å². The van der Waals surface area contributed by atoms with Gasteiger partial charge in [-0.1, -0.05) is 47.1 Å². The molecule has 2 aromatic rings. The molecule has 2 N–H and O–H groups in total. The molecule has 3 nitrogen and oxygen atoms in total. The number of hydrogen-bond donors (Lipinski definition) is 2. The number of carboxylic acids is 1. The van der Waals surface area contributed by atoms with Gasteiger partial charge in [-0.15, -0.1) is 0 Å². The van der Waals surface area contributed by atoms with Crippen LogP contribution in [0.2, 0.25) is 0 Å². The van der Waals surface area contributed by atoms with Gasteiger partial charge >= 0.3 is 5.97 Å². The van der Waals surface area contributed by atoms with E-state index in [1.165, 1.54) is 12.1 Å². The summed E-state index contributed by atoms with van der Waals surface area (Å²) in [6.07, 6.45) is 2.38. The monoisotopic (exact) mass is 346 g/mol. The molecule has 2 aromatic carbocycles. The first kappa shape index (κ1) is 15.3. The smallest absolute Gasteiger partial charge is 0.336 e. The van der Waals surface area contributed by atoms with E-state index < -0.39 is 5.97 Å². The summed E-state index contributed by atoms with van der Waals surface area (Å²) in [7, 11) is 0.